The Hall–Kier alpha value is -0.950. The number of carbonyl (C=O) groups is 1. The monoisotopic (exact) mass is 469 g/mol. The molecule has 1 aliphatic heterocycles. The minimum Gasteiger partial charge on any atom is -0.381 e. The van der Waals surface area contributed by atoms with E-state index in [4.69, 9.17) is 4.74 Å². The van der Waals surface area contributed by atoms with Crippen LogP contribution in [0.4, 0.5) is 0 Å². The van der Waals surface area contributed by atoms with Crippen LogP contribution >= 0.6 is 43.2 Å². The Balaban J connectivity index is 1.79. The molecule has 1 fully saturated rings. The van der Waals surface area contributed by atoms with Crippen molar-refractivity contribution >= 4 is 55.2 Å². The zero-order valence-electron chi connectivity index (χ0n) is 12.9. The van der Waals surface area contributed by atoms with Crippen molar-refractivity contribution < 1.29 is 9.53 Å². The van der Waals surface area contributed by atoms with Crippen LogP contribution in [-0.2, 0) is 15.1 Å². The molecule has 1 aromatic carbocycles. The molecule has 0 saturated carbocycles. The number of ether oxygens (including phenoxy) is 1. The Morgan fingerprint density at radius 1 is 1.21 bits per heavy atom. The molecule has 0 bridgehead atoms. The summed E-state index contributed by atoms with van der Waals surface area (Å²) in [6, 6.07) is 12.1. The van der Waals surface area contributed by atoms with Crippen molar-refractivity contribution in [2.24, 2.45) is 0 Å². The summed E-state index contributed by atoms with van der Waals surface area (Å²) in [7, 11) is 0. The Morgan fingerprint density at radius 2 is 2.00 bits per heavy atom. The standard InChI is InChI=1S/C18H17Br2NO2S/c19-14-3-1-2-13(12-14)18(8-10-23-11-9-18)21-17(22)7-5-15-4-6-16(20)24-15/h1-7,12H,8-11H2,(H,21,22)/b7-5+. The highest BCUT2D eigenvalue weighted by atomic mass is 79.9. The maximum absolute atomic E-state index is 12.5. The highest BCUT2D eigenvalue weighted by Crippen LogP contribution is 2.33. The lowest BCUT2D eigenvalue weighted by molar-refractivity contribution is -0.119. The van der Waals surface area contributed by atoms with Crippen molar-refractivity contribution in [2.45, 2.75) is 18.4 Å². The average molecular weight is 471 g/mol. The Morgan fingerprint density at radius 3 is 2.67 bits per heavy atom. The highest BCUT2D eigenvalue weighted by Gasteiger charge is 2.35. The van der Waals surface area contributed by atoms with E-state index < -0.39 is 0 Å². The summed E-state index contributed by atoms with van der Waals surface area (Å²) in [5.74, 6) is -0.0820. The van der Waals surface area contributed by atoms with Crippen LogP contribution in [0.25, 0.3) is 6.08 Å². The third kappa shape index (κ3) is 4.36. The van der Waals surface area contributed by atoms with E-state index in [1.54, 1.807) is 17.4 Å². The smallest absolute Gasteiger partial charge is 0.244 e. The molecule has 2 aromatic rings. The molecule has 6 heteroatoms. The molecule has 1 N–H and O–H groups in total. The molecule has 126 valence electrons. The molecule has 0 unspecified atom stereocenters. The molecular formula is C18H17Br2NO2S. The summed E-state index contributed by atoms with van der Waals surface area (Å²) in [6.45, 7) is 1.29. The molecule has 0 atom stereocenters. The van der Waals surface area contributed by atoms with Gasteiger partial charge in [0.15, 0.2) is 0 Å². The summed E-state index contributed by atoms with van der Waals surface area (Å²) in [5.41, 5.74) is 0.736. The molecule has 3 rings (SSSR count). The van der Waals surface area contributed by atoms with Gasteiger partial charge < -0.3 is 10.1 Å². The van der Waals surface area contributed by atoms with E-state index in [0.29, 0.717) is 13.2 Å². The number of thiophene rings is 1. The predicted molar refractivity (Wildman–Crippen MR) is 105 cm³/mol. The van der Waals surface area contributed by atoms with Crippen LogP contribution in [0.1, 0.15) is 23.3 Å². The summed E-state index contributed by atoms with van der Waals surface area (Å²) in [4.78, 5) is 13.5. The first-order valence-electron chi connectivity index (χ1n) is 7.67. The van der Waals surface area contributed by atoms with Crippen LogP contribution in [-0.4, -0.2) is 19.1 Å². The van der Waals surface area contributed by atoms with Crippen LogP contribution in [0.5, 0.6) is 0 Å². The molecular weight excluding hydrogens is 454 g/mol. The fraction of sp³-hybridized carbons (Fsp3) is 0.278. The van der Waals surface area contributed by atoms with Gasteiger partial charge in [-0.1, -0.05) is 28.1 Å². The number of hydrogen-bond acceptors (Lipinski definition) is 3. The lowest BCUT2D eigenvalue weighted by Crippen LogP contribution is -2.49. The summed E-state index contributed by atoms with van der Waals surface area (Å²) in [6.07, 6.45) is 4.99. The van der Waals surface area contributed by atoms with Gasteiger partial charge in [-0.3, -0.25) is 4.79 Å². The lowest BCUT2D eigenvalue weighted by atomic mass is 9.82. The molecule has 3 nitrogen and oxygen atoms in total. The van der Waals surface area contributed by atoms with E-state index in [-0.39, 0.29) is 11.4 Å². The van der Waals surface area contributed by atoms with Crippen molar-refractivity contribution in [1.82, 2.24) is 5.32 Å². The van der Waals surface area contributed by atoms with Crippen LogP contribution in [0, 0.1) is 0 Å². The van der Waals surface area contributed by atoms with Crippen LogP contribution < -0.4 is 5.32 Å². The Kier molecular flexibility index (Phi) is 5.92. The molecule has 2 heterocycles. The maximum Gasteiger partial charge on any atom is 0.244 e. The molecule has 0 aliphatic carbocycles. The maximum atomic E-state index is 12.5. The molecule has 1 aromatic heterocycles. The molecule has 24 heavy (non-hydrogen) atoms. The van der Waals surface area contributed by atoms with E-state index in [9.17, 15) is 4.79 Å². The molecule has 0 radical (unpaired) electrons. The van der Waals surface area contributed by atoms with Crippen molar-refractivity contribution in [3.05, 3.63) is 61.2 Å². The van der Waals surface area contributed by atoms with Crippen LogP contribution in [0.15, 0.2) is 50.7 Å². The third-order valence-electron chi connectivity index (χ3n) is 4.08. The highest BCUT2D eigenvalue weighted by molar-refractivity contribution is 9.11. The normalized spacial score (nSPS) is 17.1. The van der Waals surface area contributed by atoms with E-state index in [0.717, 1.165) is 31.5 Å². The minimum absolute atomic E-state index is 0.0820. The van der Waals surface area contributed by atoms with Gasteiger partial charge in [0, 0.05) is 28.6 Å². The quantitative estimate of drug-likeness (QED) is 0.630. The van der Waals surface area contributed by atoms with Crippen molar-refractivity contribution in [1.29, 1.82) is 0 Å². The topological polar surface area (TPSA) is 38.3 Å². The van der Waals surface area contributed by atoms with E-state index >= 15 is 0 Å². The molecule has 1 aliphatic rings. The van der Waals surface area contributed by atoms with Crippen LogP contribution in [0.3, 0.4) is 0 Å². The number of rotatable bonds is 4. The minimum atomic E-state index is -0.376. The summed E-state index contributed by atoms with van der Waals surface area (Å²) in [5, 5.41) is 3.22. The Labute approximate surface area is 162 Å². The van der Waals surface area contributed by atoms with E-state index in [1.807, 2.05) is 30.3 Å². The zero-order chi connectivity index (χ0) is 17.0. The average Bonchev–Trinajstić information content (AvgIpc) is 2.99. The zero-order valence-corrected chi connectivity index (χ0v) is 16.9. The van der Waals surface area contributed by atoms with Gasteiger partial charge in [-0.2, -0.15) is 0 Å². The molecule has 1 saturated heterocycles. The number of halogens is 2. The fourth-order valence-corrected chi connectivity index (χ4v) is 4.57. The van der Waals surface area contributed by atoms with Gasteiger partial charge in [0.1, 0.15) is 0 Å². The molecule has 1 amide bonds. The second-order valence-corrected chi connectivity index (χ2v) is 9.08. The van der Waals surface area contributed by atoms with E-state index in [2.05, 4.69) is 49.3 Å². The number of hydrogen-bond donors (Lipinski definition) is 1. The van der Waals surface area contributed by atoms with Gasteiger partial charge in [-0.05, 0) is 64.7 Å². The third-order valence-corrected chi connectivity index (χ3v) is 6.16. The van der Waals surface area contributed by atoms with Crippen LogP contribution in [0.2, 0.25) is 0 Å². The number of amides is 1. The largest absolute Gasteiger partial charge is 0.381 e. The second-order valence-electron chi connectivity index (χ2n) is 5.67. The number of nitrogens with one attached hydrogen (secondary N) is 1. The van der Waals surface area contributed by atoms with E-state index in [1.165, 1.54) is 0 Å². The number of benzene rings is 1. The first kappa shape index (κ1) is 17.9. The molecule has 0 spiro atoms. The van der Waals surface area contributed by atoms with Gasteiger partial charge in [0.2, 0.25) is 5.91 Å². The Bertz CT molecular complexity index is 751. The summed E-state index contributed by atoms with van der Waals surface area (Å²) >= 11 is 8.55. The van der Waals surface area contributed by atoms with Gasteiger partial charge >= 0.3 is 0 Å². The van der Waals surface area contributed by atoms with Crippen molar-refractivity contribution in [3.63, 3.8) is 0 Å². The SMILES string of the molecule is O=C(/C=C/c1ccc(Br)s1)NC1(c2cccc(Br)c2)CCOCC1. The van der Waals surface area contributed by atoms with Crippen molar-refractivity contribution in [3.8, 4) is 0 Å². The first-order chi connectivity index (χ1) is 11.6. The number of carbonyl (C=O) groups excluding carboxylic acids is 1. The van der Waals surface area contributed by atoms with Crippen molar-refractivity contribution in [2.75, 3.05) is 13.2 Å². The lowest BCUT2D eigenvalue weighted by Gasteiger charge is -2.38. The summed E-state index contributed by atoms with van der Waals surface area (Å²) < 4.78 is 7.57. The van der Waals surface area contributed by atoms with Gasteiger partial charge in [-0.25, -0.2) is 0 Å². The van der Waals surface area contributed by atoms with Gasteiger partial charge in [0.25, 0.3) is 0 Å². The van der Waals surface area contributed by atoms with Gasteiger partial charge in [0.05, 0.1) is 9.33 Å². The van der Waals surface area contributed by atoms with Gasteiger partial charge in [-0.15, -0.1) is 11.3 Å². The predicted octanol–water partition coefficient (Wildman–Crippen LogP) is 5.11. The fourth-order valence-electron chi connectivity index (χ4n) is 2.85. The first-order valence-corrected chi connectivity index (χ1v) is 10.1. The second kappa shape index (κ2) is 7.95.